The van der Waals surface area contributed by atoms with Crippen LogP contribution in [0, 0.1) is 5.92 Å². The summed E-state index contributed by atoms with van der Waals surface area (Å²) >= 11 is 1.53. The van der Waals surface area contributed by atoms with Gasteiger partial charge in [0.05, 0.1) is 6.04 Å². The Morgan fingerprint density at radius 2 is 1.70 bits per heavy atom. The molecule has 0 fully saturated rings. The maximum Gasteiger partial charge on any atom is 0.407 e. The third-order valence-electron chi connectivity index (χ3n) is 4.92. The van der Waals surface area contributed by atoms with E-state index in [0.717, 1.165) is 5.56 Å². The van der Waals surface area contributed by atoms with Crippen LogP contribution >= 0.6 is 11.8 Å². The molecule has 4 N–H and O–H groups in total. The Morgan fingerprint density at radius 3 is 2.21 bits per heavy atom. The van der Waals surface area contributed by atoms with Crippen LogP contribution in [0.2, 0.25) is 0 Å². The van der Waals surface area contributed by atoms with Gasteiger partial charge < -0.3 is 25.8 Å². The number of alkyl carbamates (subject to hydrolysis) is 1. The number of amides is 2. The van der Waals surface area contributed by atoms with Gasteiger partial charge in [-0.15, -0.1) is 0 Å². The maximum absolute atomic E-state index is 13.1. The van der Waals surface area contributed by atoms with Gasteiger partial charge in [0.1, 0.15) is 11.6 Å². The van der Waals surface area contributed by atoms with Crippen molar-refractivity contribution in [1.29, 1.82) is 0 Å². The van der Waals surface area contributed by atoms with Crippen molar-refractivity contribution in [2.45, 2.75) is 71.2 Å². The molecule has 0 radical (unpaired) electrons. The molecule has 0 aliphatic rings. The van der Waals surface area contributed by atoms with Gasteiger partial charge in [-0.25, -0.2) is 9.59 Å². The number of carboxylic acid groups (broad SMARTS) is 1. The van der Waals surface area contributed by atoms with E-state index in [9.17, 15) is 19.5 Å². The Morgan fingerprint density at radius 1 is 1.06 bits per heavy atom. The van der Waals surface area contributed by atoms with E-state index < -0.39 is 29.7 Å². The normalized spacial score (nSPS) is 14.3. The zero-order valence-electron chi connectivity index (χ0n) is 20.5. The predicted molar refractivity (Wildman–Crippen MR) is 132 cm³/mol. The quantitative estimate of drug-likeness (QED) is 0.342. The van der Waals surface area contributed by atoms with Crippen molar-refractivity contribution in [1.82, 2.24) is 16.0 Å². The van der Waals surface area contributed by atoms with Gasteiger partial charge >= 0.3 is 12.1 Å². The summed E-state index contributed by atoms with van der Waals surface area (Å²) < 4.78 is 5.36. The van der Waals surface area contributed by atoms with Crippen molar-refractivity contribution in [3.63, 3.8) is 0 Å². The monoisotopic (exact) mass is 481 g/mol. The average molecular weight is 482 g/mol. The number of hydrogen-bond acceptors (Lipinski definition) is 6. The van der Waals surface area contributed by atoms with Gasteiger partial charge in [0.2, 0.25) is 5.91 Å². The summed E-state index contributed by atoms with van der Waals surface area (Å²) in [5.74, 6) is -0.725. The topological polar surface area (TPSA) is 117 Å². The largest absolute Gasteiger partial charge is 0.480 e. The molecule has 0 spiro atoms. The molecule has 1 aromatic carbocycles. The van der Waals surface area contributed by atoms with Gasteiger partial charge in [-0.1, -0.05) is 44.2 Å². The first kappa shape index (κ1) is 28.8. The van der Waals surface area contributed by atoms with Crippen molar-refractivity contribution in [3.05, 3.63) is 35.9 Å². The molecule has 0 saturated heterocycles. The van der Waals surface area contributed by atoms with Crippen LogP contribution in [-0.2, 0) is 20.7 Å². The fraction of sp³-hybridized carbons (Fsp3) is 0.625. The summed E-state index contributed by atoms with van der Waals surface area (Å²) in [4.78, 5) is 36.9. The number of carboxylic acids is 1. The molecule has 0 bridgehead atoms. The number of carbonyl (C=O) groups is 3. The number of thioether (sulfide) groups is 1. The molecular formula is C24H39N3O5S. The van der Waals surface area contributed by atoms with Crippen molar-refractivity contribution in [2.75, 3.05) is 18.6 Å². The SMILES string of the molecule is CSCCC(NC(=O)C(Cc1ccccc1)NCC(NC(=O)OC(C)(C)C)C(C)C)C(=O)O. The summed E-state index contributed by atoms with van der Waals surface area (Å²) in [6.07, 6.45) is 2.10. The lowest BCUT2D eigenvalue weighted by Gasteiger charge is -2.28. The molecular weight excluding hydrogens is 442 g/mol. The van der Waals surface area contributed by atoms with Gasteiger partial charge in [0.15, 0.2) is 0 Å². The summed E-state index contributed by atoms with van der Waals surface area (Å²) in [5, 5.41) is 18.3. The number of benzene rings is 1. The summed E-state index contributed by atoms with van der Waals surface area (Å²) in [6.45, 7) is 9.66. The summed E-state index contributed by atoms with van der Waals surface area (Å²) in [6, 6.07) is 7.63. The number of carbonyl (C=O) groups excluding carboxylic acids is 2. The highest BCUT2D eigenvalue weighted by molar-refractivity contribution is 7.98. The standard InChI is InChI=1S/C24H39N3O5S/c1-16(2)20(27-23(31)32-24(3,4)5)15-25-19(14-17-10-8-7-9-11-17)21(28)26-18(22(29)30)12-13-33-6/h7-11,16,18-20,25H,12-15H2,1-6H3,(H,26,28)(H,27,31)(H,29,30). The van der Waals surface area contributed by atoms with E-state index in [4.69, 9.17) is 4.74 Å². The molecule has 9 heteroatoms. The van der Waals surface area contributed by atoms with Gasteiger partial charge in [0, 0.05) is 12.6 Å². The number of hydrogen-bond donors (Lipinski definition) is 4. The van der Waals surface area contributed by atoms with E-state index in [1.807, 2.05) is 50.4 Å². The second kappa shape index (κ2) is 14.1. The molecule has 0 aliphatic heterocycles. The van der Waals surface area contributed by atoms with E-state index in [-0.39, 0.29) is 17.9 Å². The molecule has 0 aromatic heterocycles. The third-order valence-corrected chi connectivity index (χ3v) is 5.56. The highest BCUT2D eigenvalue weighted by Crippen LogP contribution is 2.10. The first-order chi connectivity index (χ1) is 15.4. The zero-order chi connectivity index (χ0) is 25.0. The second-order valence-electron chi connectivity index (χ2n) is 9.33. The molecule has 0 saturated carbocycles. The van der Waals surface area contributed by atoms with E-state index in [1.165, 1.54) is 11.8 Å². The lowest BCUT2D eigenvalue weighted by molar-refractivity contribution is -0.142. The van der Waals surface area contributed by atoms with E-state index in [0.29, 0.717) is 25.1 Å². The number of nitrogens with one attached hydrogen (secondary N) is 3. The molecule has 0 aliphatic carbocycles. The lowest BCUT2D eigenvalue weighted by atomic mass is 10.0. The molecule has 1 rings (SSSR count). The van der Waals surface area contributed by atoms with Crippen LogP contribution in [0.1, 0.15) is 46.6 Å². The van der Waals surface area contributed by atoms with Crippen LogP contribution in [0.3, 0.4) is 0 Å². The van der Waals surface area contributed by atoms with Crippen LogP contribution in [0.4, 0.5) is 4.79 Å². The molecule has 2 amide bonds. The zero-order valence-corrected chi connectivity index (χ0v) is 21.3. The van der Waals surface area contributed by atoms with Gasteiger partial charge in [-0.2, -0.15) is 11.8 Å². The number of ether oxygens (including phenoxy) is 1. The molecule has 33 heavy (non-hydrogen) atoms. The Bertz CT molecular complexity index is 752. The van der Waals surface area contributed by atoms with Crippen LogP contribution in [0.5, 0.6) is 0 Å². The van der Waals surface area contributed by atoms with Crippen molar-refractivity contribution >= 4 is 29.7 Å². The smallest absolute Gasteiger partial charge is 0.407 e. The molecule has 8 nitrogen and oxygen atoms in total. The maximum atomic E-state index is 13.1. The Labute approximate surface area is 201 Å². The molecule has 3 unspecified atom stereocenters. The first-order valence-electron chi connectivity index (χ1n) is 11.2. The van der Waals surface area contributed by atoms with Crippen LogP contribution in [-0.4, -0.2) is 65.4 Å². The third kappa shape index (κ3) is 12.0. The lowest BCUT2D eigenvalue weighted by Crippen LogP contribution is -2.55. The van der Waals surface area contributed by atoms with E-state index in [1.54, 1.807) is 20.8 Å². The fourth-order valence-corrected chi connectivity index (χ4v) is 3.53. The minimum atomic E-state index is -1.05. The van der Waals surface area contributed by atoms with Crippen molar-refractivity contribution in [3.8, 4) is 0 Å². The van der Waals surface area contributed by atoms with Crippen molar-refractivity contribution < 1.29 is 24.2 Å². The van der Waals surface area contributed by atoms with Gasteiger partial charge in [-0.3, -0.25) is 4.79 Å². The second-order valence-corrected chi connectivity index (χ2v) is 10.3. The van der Waals surface area contributed by atoms with E-state index in [2.05, 4.69) is 16.0 Å². The summed E-state index contributed by atoms with van der Waals surface area (Å²) in [5.41, 5.74) is 0.333. The highest BCUT2D eigenvalue weighted by Gasteiger charge is 2.27. The van der Waals surface area contributed by atoms with Crippen LogP contribution < -0.4 is 16.0 Å². The number of aliphatic carboxylic acids is 1. The molecule has 186 valence electrons. The van der Waals surface area contributed by atoms with Gasteiger partial charge in [-0.05, 0) is 57.1 Å². The Balaban J connectivity index is 2.92. The molecule has 1 aromatic rings. The van der Waals surface area contributed by atoms with Gasteiger partial charge in [0.25, 0.3) is 0 Å². The average Bonchev–Trinajstić information content (AvgIpc) is 2.71. The Kier molecular flexibility index (Phi) is 12.3. The number of rotatable bonds is 13. The van der Waals surface area contributed by atoms with Crippen LogP contribution in [0.15, 0.2) is 30.3 Å². The minimum absolute atomic E-state index is 0.0822. The molecule has 0 heterocycles. The highest BCUT2D eigenvalue weighted by atomic mass is 32.2. The first-order valence-corrected chi connectivity index (χ1v) is 12.6. The Hall–Kier alpha value is -2.26. The minimum Gasteiger partial charge on any atom is -0.480 e. The summed E-state index contributed by atoms with van der Waals surface area (Å²) in [7, 11) is 0. The van der Waals surface area contributed by atoms with Crippen molar-refractivity contribution in [2.24, 2.45) is 5.92 Å². The van der Waals surface area contributed by atoms with E-state index >= 15 is 0 Å². The predicted octanol–water partition coefficient (Wildman–Crippen LogP) is 3.06. The molecule has 3 atom stereocenters. The fourth-order valence-electron chi connectivity index (χ4n) is 3.05. The van der Waals surface area contributed by atoms with Crippen LogP contribution in [0.25, 0.3) is 0 Å².